The molecule has 0 heterocycles. The molecule has 21 heavy (non-hydrogen) atoms. The smallest absolute Gasteiger partial charge is 0.488 e. The molecule has 2 N–H and O–H groups in total. The molecule has 2 aromatic carbocycles. The van der Waals surface area contributed by atoms with Crippen LogP contribution in [0.3, 0.4) is 0 Å². The van der Waals surface area contributed by atoms with Crippen molar-refractivity contribution in [1.29, 1.82) is 0 Å². The summed E-state index contributed by atoms with van der Waals surface area (Å²) in [6, 6.07) is 7.40. The van der Waals surface area contributed by atoms with E-state index in [0.717, 1.165) is 17.2 Å². The van der Waals surface area contributed by atoms with Crippen molar-refractivity contribution in [2.24, 2.45) is 0 Å². The molecule has 0 spiro atoms. The monoisotopic (exact) mass is 308 g/mol. The fourth-order valence-electron chi connectivity index (χ4n) is 2.21. The zero-order chi connectivity index (χ0) is 15.6. The number of rotatable bonds is 4. The van der Waals surface area contributed by atoms with Crippen molar-refractivity contribution in [2.75, 3.05) is 0 Å². The van der Waals surface area contributed by atoms with Gasteiger partial charge in [-0.25, -0.2) is 4.39 Å². The fraction of sp³-hybridized carbons (Fsp3) is 0.200. The summed E-state index contributed by atoms with van der Waals surface area (Å²) in [5.74, 6) is 0.155. The number of benzene rings is 2. The lowest BCUT2D eigenvalue weighted by atomic mass is 9.77. The Morgan fingerprint density at radius 1 is 1.14 bits per heavy atom. The molecule has 0 fully saturated rings. The quantitative estimate of drug-likeness (QED) is 0.853. The van der Waals surface area contributed by atoms with E-state index < -0.39 is 12.9 Å². The maximum atomic E-state index is 13.2. The Kier molecular flexibility index (Phi) is 4.88. The normalized spacial score (nSPS) is 10.6. The van der Waals surface area contributed by atoms with Crippen LogP contribution in [0.5, 0.6) is 5.75 Å². The first-order chi connectivity index (χ1) is 9.88. The van der Waals surface area contributed by atoms with Crippen molar-refractivity contribution >= 4 is 24.2 Å². The van der Waals surface area contributed by atoms with Crippen molar-refractivity contribution < 1.29 is 19.2 Å². The molecule has 0 aliphatic heterocycles. The molecule has 3 nitrogen and oxygen atoms in total. The van der Waals surface area contributed by atoms with Gasteiger partial charge in [0.25, 0.3) is 0 Å². The van der Waals surface area contributed by atoms with E-state index in [2.05, 4.69) is 0 Å². The minimum atomic E-state index is -1.74. The first kappa shape index (κ1) is 15.8. The average molecular weight is 309 g/mol. The van der Waals surface area contributed by atoms with E-state index in [1.165, 1.54) is 12.1 Å². The van der Waals surface area contributed by atoms with E-state index in [4.69, 9.17) is 16.3 Å². The molecule has 0 atom stereocenters. The largest absolute Gasteiger partial charge is 0.488 e. The minimum absolute atomic E-state index is 0.0965. The highest BCUT2D eigenvalue weighted by Gasteiger charge is 2.17. The van der Waals surface area contributed by atoms with E-state index in [9.17, 15) is 14.4 Å². The van der Waals surface area contributed by atoms with Crippen LogP contribution < -0.4 is 10.2 Å². The van der Waals surface area contributed by atoms with Crippen LogP contribution in [0.25, 0.3) is 0 Å². The molecule has 2 rings (SSSR count). The maximum Gasteiger partial charge on any atom is 0.488 e. The van der Waals surface area contributed by atoms with Crippen LogP contribution in [-0.2, 0) is 6.61 Å². The maximum absolute atomic E-state index is 13.2. The van der Waals surface area contributed by atoms with Gasteiger partial charge in [-0.3, -0.25) is 0 Å². The molecule has 6 heteroatoms. The van der Waals surface area contributed by atoms with Crippen molar-refractivity contribution in [3.63, 3.8) is 0 Å². The van der Waals surface area contributed by atoms with Gasteiger partial charge >= 0.3 is 7.12 Å². The van der Waals surface area contributed by atoms with Gasteiger partial charge in [0.05, 0.1) is 0 Å². The van der Waals surface area contributed by atoms with Gasteiger partial charge in [-0.15, -0.1) is 0 Å². The Hall–Kier alpha value is -1.56. The topological polar surface area (TPSA) is 49.7 Å². The lowest BCUT2D eigenvalue weighted by Gasteiger charge is -2.15. The van der Waals surface area contributed by atoms with Crippen molar-refractivity contribution in [1.82, 2.24) is 0 Å². The number of hydrogen-bond acceptors (Lipinski definition) is 3. The van der Waals surface area contributed by atoms with Gasteiger partial charge in [-0.05, 0) is 60.3 Å². The zero-order valence-corrected chi connectivity index (χ0v) is 12.5. The van der Waals surface area contributed by atoms with Crippen LogP contribution in [0.2, 0.25) is 5.02 Å². The molecule has 0 saturated carbocycles. The van der Waals surface area contributed by atoms with E-state index in [1.54, 1.807) is 12.1 Å². The Morgan fingerprint density at radius 2 is 1.76 bits per heavy atom. The predicted molar refractivity (Wildman–Crippen MR) is 81.5 cm³/mol. The molecule has 0 radical (unpaired) electrons. The Bertz CT molecular complexity index is 638. The highest BCUT2D eigenvalue weighted by Crippen LogP contribution is 2.27. The molecular formula is C15H15BClFO3. The second kappa shape index (κ2) is 6.47. The van der Waals surface area contributed by atoms with Crippen LogP contribution >= 0.6 is 11.6 Å². The third kappa shape index (κ3) is 3.76. The summed E-state index contributed by atoms with van der Waals surface area (Å²) in [4.78, 5) is 0. The predicted octanol–water partition coefficient (Wildman–Crippen LogP) is 2.35. The average Bonchev–Trinajstić information content (AvgIpc) is 2.38. The fourth-order valence-corrected chi connectivity index (χ4v) is 2.54. The zero-order valence-electron chi connectivity index (χ0n) is 11.7. The highest BCUT2D eigenvalue weighted by molar-refractivity contribution is 6.59. The van der Waals surface area contributed by atoms with Gasteiger partial charge in [0.15, 0.2) is 0 Å². The number of halogens is 2. The minimum Gasteiger partial charge on any atom is -0.488 e. The lowest BCUT2D eigenvalue weighted by molar-refractivity contribution is 0.302. The number of ether oxygens (including phenoxy) is 1. The molecule has 110 valence electrons. The molecule has 0 amide bonds. The molecule has 0 aliphatic carbocycles. The summed E-state index contributed by atoms with van der Waals surface area (Å²) in [5, 5.41) is 19.2. The van der Waals surface area contributed by atoms with Crippen LogP contribution in [0.4, 0.5) is 4.39 Å². The van der Waals surface area contributed by atoms with Crippen molar-refractivity contribution in [3.8, 4) is 5.75 Å². The first-order valence-corrected chi connectivity index (χ1v) is 6.80. The third-order valence-electron chi connectivity index (χ3n) is 3.18. The highest BCUT2D eigenvalue weighted by atomic mass is 35.5. The second-order valence-electron chi connectivity index (χ2n) is 4.87. The van der Waals surface area contributed by atoms with Gasteiger partial charge in [-0.2, -0.15) is 0 Å². The molecule has 0 aliphatic rings. The molecule has 0 aromatic heterocycles. The lowest BCUT2D eigenvalue weighted by Crippen LogP contribution is -2.34. The summed E-state index contributed by atoms with van der Waals surface area (Å²) >= 11 is 5.96. The number of hydrogen-bond donors (Lipinski definition) is 2. The van der Waals surface area contributed by atoms with Gasteiger partial charge < -0.3 is 14.8 Å². The van der Waals surface area contributed by atoms with Gasteiger partial charge in [-0.1, -0.05) is 17.7 Å². The SMILES string of the molecule is Cc1cc(Cl)cc(C)c1OCc1ccc(F)cc1B(O)O. The van der Waals surface area contributed by atoms with E-state index >= 15 is 0 Å². The van der Waals surface area contributed by atoms with Crippen molar-refractivity contribution in [3.05, 3.63) is 57.9 Å². The number of aryl methyl sites for hydroxylation is 2. The van der Waals surface area contributed by atoms with E-state index in [1.807, 2.05) is 13.8 Å². The molecule has 0 unspecified atom stereocenters. The summed E-state index contributed by atoms with van der Waals surface area (Å²) in [7, 11) is -1.74. The summed E-state index contributed by atoms with van der Waals surface area (Å²) in [6.07, 6.45) is 0. The Balaban J connectivity index is 2.25. The first-order valence-electron chi connectivity index (χ1n) is 6.42. The molecule has 0 bridgehead atoms. The molecule has 0 saturated heterocycles. The van der Waals surface area contributed by atoms with Crippen LogP contribution in [0.1, 0.15) is 16.7 Å². The van der Waals surface area contributed by atoms with Crippen molar-refractivity contribution in [2.45, 2.75) is 20.5 Å². The van der Waals surface area contributed by atoms with Gasteiger partial charge in [0, 0.05) is 5.02 Å². The van der Waals surface area contributed by atoms with Crippen LogP contribution in [0, 0.1) is 19.7 Å². The Labute approximate surface area is 128 Å². The van der Waals surface area contributed by atoms with Gasteiger partial charge in [0.2, 0.25) is 0 Å². The molecular weight excluding hydrogens is 293 g/mol. The van der Waals surface area contributed by atoms with Crippen LogP contribution in [-0.4, -0.2) is 17.2 Å². The summed E-state index contributed by atoms with van der Waals surface area (Å²) in [6.45, 7) is 3.86. The molecule has 2 aromatic rings. The van der Waals surface area contributed by atoms with Gasteiger partial charge in [0.1, 0.15) is 18.2 Å². The summed E-state index contributed by atoms with van der Waals surface area (Å²) < 4.78 is 18.9. The van der Waals surface area contributed by atoms with Crippen LogP contribution in [0.15, 0.2) is 30.3 Å². The Morgan fingerprint density at radius 3 is 2.33 bits per heavy atom. The van der Waals surface area contributed by atoms with E-state index in [-0.39, 0.29) is 12.1 Å². The second-order valence-corrected chi connectivity index (χ2v) is 5.31. The summed E-state index contributed by atoms with van der Waals surface area (Å²) in [5.41, 5.74) is 2.38. The standard InChI is InChI=1S/C15H15BClFO3/c1-9-5-12(17)6-10(2)15(9)21-8-11-3-4-13(18)7-14(11)16(19)20/h3-7,19-20H,8H2,1-2H3. The third-order valence-corrected chi connectivity index (χ3v) is 3.40. The van der Waals surface area contributed by atoms with E-state index in [0.29, 0.717) is 16.3 Å².